The minimum absolute atomic E-state index is 0.0330. The van der Waals surface area contributed by atoms with E-state index in [1.165, 1.54) is 4.90 Å². The first-order valence-electron chi connectivity index (χ1n) is 10.8. The number of amides is 4. The van der Waals surface area contributed by atoms with Gasteiger partial charge in [-0.25, -0.2) is 0 Å². The zero-order chi connectivity index (χ0) is 23.5. The highest BCUT2D eigenvalue weighted by atomic mass is 35.5. The van der Waals surface area contributed by atoms with Crippen LogP contribution >= 0.6 is 11.6 Å². The number of nitrogens with two attached hydrogens (primary N) is 1. The van der Waals surface area contributed by atoms with Crippen LogP contribution in [0.15, 0.2) is 42.5 Å². The quantitative estimate of drug-likeness (QED) is 0.580. The summed E-state index contributed by atoms with van der Waals surface area (Å²) in [5, 5.41) is 6.66. The van der Waals surface area contributed by atoms with Gasteiger partial charge in [0.25, 0.3) is 0 Å². The molecule has 0 bridgehead atoms. The number of fused-ring (bicyclic) bond motifs is 4. The fourth-order valence-corrected chi connectivity index (χ4v) is 5.67. The first-order valence-corrected chi connectivity index (χ1v) is 11.2. The van der Waals surface area contributed by atoms with Gasteiger partial charge in [0.15, 0.2) is 0 Å². The maximum atomic E-state index is 13.7. The third kappa shape index (κ3) is 3.08. The SMILES string of the molecule is Cc1c(Cl)ccc2c1NC(=O)[C@@]21N[C@H](CCC(N)=O)[C@H]2C(=O)N(Cc3ccccc3)C(=O)[C@@H]21. The zero-order valence-electron chi connectivity index (χ0n) is 17.9. The summed E-state index contributed by atoms with van der Waals surface area (Å²) in [4.78, 5) is 53.5. The van der Waals surface area contributed by atoms with Crippen molar-refractivity contribution >= 4 is 40.9 Å². The maximum Gasteiger partial charge on any atom is 0.250 e. The largest absolute Gasteiger partial charge is 0.370 e. The van der Waals surface area contributed by atoms with Crippen LogP contribution in [0.5, 0.6) is 0 Å². The average Bonchev–Trinajstić information content (AvgIpc) is 3.37. The van der Waals surface area contributed by atoms with E-state index in [-0.39, 0.29) is 25.3 Å². The first-order chi connectivity index (χ1) is 15.8. The molecule has 3 heterocycles. The lowest BCUT2D eigenvalue weighted by atomic mass is 9.76. The van der Waals surface area contributed by atoms with E-state index in [1.54, 1.807) is 19.1 Å². The minimum atomic E-state index is -1.42. The van der Waals surface area contributed by atoms with Gasteiger partial charge < -0.3 is 11.1 Å². The summed E-state index contributed by atoms with van der Waals surface area (Å²) < 4.78 is 0. The van der Waals surface area contributed by atoms with E-state index in [9.17, 15) is 19.2 Å². The van der Waals surface area contributed by atoms with Gasteiger partial charge in [-0.2, -0.15) is 0 Å². The molecule has 0 radical (unpaired) electrons. The van der Waals surface area contributed by atoms with Gasteiger partial charge in [0, 0.05) is 23.0 Å². The van der Waals surface area contributed by atoms with Crippen molar-refractivity contribution in [3.8, 4) is 0 Å². The van der Waals surface area contributed by atoms with Crippen LogP contribution in [0.4, 0.5) is 5.69 Å². The van der Waals surface area contributed by atoms with Crippen molar-refractivity contribution in [1.29, 1.82) is 0 Å². The molecule has 0 saturated carbocycles. The molecule has 0 unspecified atom stereocenters. The highest BCUT2D eigenvalue weighted by Gasteiger charge is 2.70. The Balaban J connectivity index is 1.61. The van der Waals surface area contributed by atoms with Crippen LogP contribution < -0.4 is 16.4 Å². The fourth-order valence-electron chi connectivity index (χ4n) is 5.52. The van der Waals surface area contributed by atoms with Crippen LogP contribution in [0.3, 0.4) is 0 Å². The molecule has 170 valence electrons. The number of imide groups is 1. The van der Waals surface area contributed by atoms with Gasteiger partial charge in [-0.1, -0.05) is 48.0 Å². The maximum absolute atomic E-state index is 13.7. The third-order valence-corrected chi connectivity index (χ3v) is 7.47. The molecule has 2 aromatic rings. The monoisotopic (exact) mass is 466 g/mol. The summed E-state index contributed by atoms with van der Waals surface area (Å²) in [6.45, 7) is 1.92. The Bertz CT molecular complexity index is 1200. The summed E-state index contributed by atoms with van der Waals surface area (Å²) in [7, 11) is 0. The number of rotatable bonds is 5. The molecule has 2 saturated heterocycles. The standard InChI is InChI=1S/C24H23ClN4O4/c1-12-15(25)8-7-14-20(12)27-23(33)24(14)19-18(16(28-24)9-10-17(26)30)21(31)29(22(19)32)11-13-5-3-2-4-6-13/h2-8,16,18-19,28H,9-11H2,1H3,(H2,26,30)(H,27,33)/t16-,18-,19-,24-/m1/s1. The number of nitrogens with zero attached hydrogens (tertiary/aromatic N) is 1. The number of anilines is 1. The molecule has 4 atom stereocenters. The molecule has 8 nitrogen and oxygen atoms in total. The van der Waals surface area contributed by atoms with Gasteiger partial charge in [-0.05, 0) is 30.5 Å². The zero-order valence-corrected chi connectivity index (χ0v) is 18.7. The van der Waals surface area contributed by atoms with Crippen molar-refractivity contribution in [2.75, 3.05) is 5.32 Å². The number of primary amides is 1. The van der Waals surface area contributed by atoms with Gasteiger partial charge in [0.2, 0.25) is 23.6 Å². The average molecular weight is 467 g/mol. The van der Waals surface area contributed by atoms with Crippen LogP contribution in [-0.4, -0.2) is 34.6 Å². The van der Waals surface area contributed by atoms with Gasteiger partial charge in [0.05, 0.1) is 24.1 Å². The summed E-state index contributed by atoms with van der Waals surface area (Å²) in [6, 6.07) is 12.1. The van der Waals surface area contributed by atoms with E-state index in [4.69, 9.17) is 17.3 Å². The Morgan fingerprint density at radius 3 is 2.55 bits per heavy atom. The normalized spacial score (nSPS) is 27.8. The van der Waals surface area contributed by atoms with Gasteiger partial charge in [-0.15, -0.1) is 0 Å². The summed E-state index contributed by atoms with van der Waals surface area (Å²) in [5.41, 5.74) is 6.59. The number of carbonyl (C=O) groups is 4. The Kier molecular flexibility index (Phi) is 5.02. The van der Waals surface area contributed by atoms with E-state index >= 15 is 0 Å². The fraction of sp³-hybridized carbons (Fsp3) is 0.333. The molecule has 4 amide bonds. The van der Waals surface area contributed by atoms with Crippen LogP contribution in [0.2, 0.25) is 5.02 Å². The minimum Gasteiger partial charge on any atom is -0.370 e. The molecule has 0 aliphatic carbocycles. The molecular formula is C24H23ClN4O4. The molecule has 2 fully saturated rings. The lowest BCUT2D eigenvalue weighted by molar-refractivity contribution is -0.143. The molecule has 1 spiro atoms. The topological polar surface area (TPSA) is 122 Å². The van der Waals surface area contributed by atoms with Crippen molar-refractivity contribution in [1.82, 2.24) is 10.2 Å². The smallest absolute Gasteiger partial charge is 0.250 e. The lowest BCUT2D eigenvalue weighted by Gasteiger charge is -2.29. The molecule has 5 rings (SSSR count). The highest BCUT2D eigenvalue weighted by Crippen LogP contribution is 2.54. The van der Waals surface area contributed by atoms with E-state index in [0.29, 0.717) is 21.8 Å². The molecule has 33 heavy (non-hydrogen) atoms. The van der Waals surface area contributed by atoms with Gasteiger partial charge in [-0.3, -0.25) is 29.4 Å². The highest BCUT2D eigenvalue weighted by molar-refractivity contribution is 6.32. The second-order valence-corrected chi connectivity index (χ2v) is 9.27. The molecule has 2 aromatic carbocycles. The Labute approximate surface area is 195 Å². The molecular weight excluding hydrogens is 444 g/mol. The Hall–Kier alpha value is -3.23. The van der Waals surface area contributed by atoms with Crippen molar-refractivity contribution in [3.05, 3.63) is 64.2 Å². The van der Waals surface area contributed by atoms with E-state index in [0.717, 1.165) is 5.56 Å². The molecule has 3 aliphatic rings. The first kappa shape index (κ1) is 21.6. The van der Waals surface area contributed by atoms with Crippen molar-refractivity contribution < 1.29 is 19.2 Å². The summed E-state index contributed by atoms with van der Waals surface area (Å²) in [5.74, 6) is -3.38. The number of hydrogen-bond acceptors (Lipinski definition) is 5. The van der Waals surface area contributed by atoms with E-state index in [1.807, 2.05) is 30.3 Å². The van der Waals surface area contributed by atoms with Gasteiger partial charge >= 0.3 is 0 Å². The van der Waals surface area contributed by atoms with Crippen molar-refractivity contribution in [2.45, 2.75) is 37.9 Å². The number of benzene rings is 2. The lowest BCUT2D eigenvalue weighted by Crippen LogP contribution is -2.53. The Morgan fingerprint density at radius 2 is 1.85 bits per heavy atom. The second-order valence-electron chi connectivity index (χ2n) is 8.86. The predicted octanol–water partition coefficient (Wildman–Crippen LogP) is 1.83. The number of halogens is 1. The number of carbonyl (C=O) groups excluding carboxylic acids is 4. The molecule has 0 aromatic heterocycles. The Morgan fingerprint density at radius 1 is 1.12 bits per heavy atom. The molecule has 3 aliphatic heterocycles. The summed E-state index contributed by atoms with van der Waals surface area (Å²) in [6.07, 6.45) is 0.275. The molecule has 4 N–H and O–H groups in total. The number of likely N-dealkylation sites (tertiary alicyclic amines) is 1. The van der Waals surface area contributed by atoms with E-state index < -0.39 is 41.1 Å². The van der Waals surface area contributed by atoms with Crippen LogP contribution in [0.1, 0.15) is 29.5 Å². The predicted molar refractivity (Wildman–Crippen MR) is 121 cm³/mol. The third-order valence-electron chi connectivity index (χ3n) is 7.06. The van der Waals surface area contributed by atoms with Crippen LogP contribution in [-0.2, 0) is 31.3 Å². The van der Waals surface area contributed by atoms with Crippen LogP contribution in [0.25, 0.3) is 0 Å². The van der Waals surface area contributed by atoms with Crippen molar-refractivity contribution in [3.63, 3.8) is 0 Å². The number of hydrogen-bond donors (Lipinski definition) is 3. The van der Waals surface area contributed by atoms with Crippen molar-refractivity contribution in [2.24, 2.45) is 17.6 Å². The number of nitrogens with one attached hydrogen (secondary N) is 2. The van der Waals surface area contributed by atoms with Gasteiger partial charge in [0.1, 0.15) is 5.54 Å². The molecule has 9 heteroatoms. The van der Waals surface area contributed by atoms with E-state index in [2.05, 4.69) is 10.6 Å². The second kappa shape index (κ2) is 7.67. The van der Waals surface area contributed by atoms with Crippen LogP contribution in [0, 0.1) is 18.8 Å². The summed E-state index contributed by atoms with van der Waals surface area (Å²) >= 11 is 6.27.